The first-order chi connectivity index (χ1) is 17.7. The number of carbonyl (C=O) groups excluding carboxylic acids is 1. The van der Waals surface area contributed by atoms with Gasteiger partial charge in [0.2, 0.25) is 5.91 Å². The lowest BCUT2D eigenvalue weighted by Gasteiger charge is -2.25. The molecule has 0 unspecified atom stereocenters. The molecular weight excluding hydrogens is 508 g/mol. The number of rotatable bonds is 13. The van der Waals surface area contributed by atoms with Gasteiger partial charge in [-0.05, 0) is 55.9 Å². The van der Waals surface area contributed by atoms with Crippen molar-refractivity contribution in [3.05, 3.63) is 83.4 Å². The minimum Gasteiger partial charge on any atom is -0.493 e. The van der Waals surface area contributed by atoms with Crippen molar-refractivity contribution in [3.8, 4) is 11.5 Å². The van der Waals surface area contributed by atoms with Crippen LogP contribution in [-0.2, 0) is 20.6 Å². The first kappa shape index (κ1) is 28.4. The summed E-state index contributed by atoms with van der Waals surface area (Å²) in [6.07, 6.45) is 0.781. The molecule has 3 aromatic rings. The van der Waals surface area contributed by atoms with Gasteiger partial charge in [-0.25, -0.2) is 8.42 Å². The van der Waals surface area contributed by atoms with Crippen LogP contribution in [0.3, 0.4) is 0 Å². The van der Waals surface area contributed by atoms with Crippen molar-refractivity contribution in [1.29, 1.82) is 0 Å². The predicted octanol–water partition coefficient (Wildman–Crippen LogP) is 4.96. The van der Waals surface area contributed by atoms with Gasteiger partial charge in [-0.3, -0.25) is 9.10 Å². The summed E-state index contributed by atoms with van der Waals surface area (Å²) in [5.41, 5.74) is 3.76. The Labute approximate surface area is 224 Å². The Balaban J connectivity index is 1.66. The fourth-order valence-electron chi connectivity index (χ4n) is 3.60. The van der Waals surface area contributed by atoms with Crippen LogP contribution in [-0.4, -0.2) is 47.4 Å². The van der Waals surface area contributed by atoms with Crippen LogP contribution in [0.4, 0.5) is 5.69 Å². The summed E-state index contributed by atoms with van der Waals surface area (Å²) < 4.78 is 38.9. The molecule has 0 saturated heterocycles. The number of nitrogens with zero attached hydrogens (tertiary/aromatic N) is 1. The van der Waals surface area contributed by atoms with Gasteiger partial charge in [-0.2, -0.15) is 11.8 Å². The number of carbonyl (C=O) groups is 1. The molecule has 37 heavy (non-hydrogen) atoms. The Bertz CT molecular complexity index is 1280. The van der Waals surface area contributed by atoms with E-state index in [9.17, 15) is 13.2 Å². The number of methoxy groups -OCH3 is 2. The molecule has 0 fully saturated rings. The topological polar surface area (TPSA) is 84.9 Å². The number of nitrogens with one attached hydrogen (secondary N) is 1. The number of amides is 1. The second-order valence-electron chi connectivity index (χ2n) is 8.61. The van der Waals surface area contributed by atoms with E-state index in [4.69, 9.17) is 9.47 Å². The second kappa shape index (κ2) is 13.4. The summed E-state index contributed by atoms with van der Waals surface area (Å²) in [6.45, 7) is 4.05. The van der Waals surface area contributed by atoms with Gasteiger partial charge in [-0.15, -0.1) is 0 Å². The molecule has 0 saturated carbocycles. The number of aryl methyl sites for hydroxylation is 2. The van der Waals surface area contributed by atoms with Gasteiger partial charge in [0.05, 0.1) is 24.8 Å². The Morgan fingerprint density at radius 3 is 2.14 bits per heavy atom. The van der Waals surface area contributed by atoms with Crippen molar-refractivity contribution in [2.75, 3.05) is 37.4 Å². The van der Waals surface area contributed by atoms with Crippen molar-refractivity contribution in [1.82, 2.24) is 5.32 Å². The molecule has 1 amide bonds. The molecule has 7 nitrogen and oxygen atoms in total. The molecule has 1 N–H and O–H groups in total. The first-order valence-corrected chi connectivity index (χ1v) is 14.6. The zero-order valence-electron chi connectivity index (χ0n) is 21.7. The maximum Gasteiger partial charge on any atom is 0.264 e. The predicted molar refractivity (Wildman–Crippen MR) is 150 cm³/mol. The standard InChI is InChI=1S/C28H34N2O5S2/c1-21-6-10-23(11-7-21)20-36-17-5-16-29-28(31)19-30(24-12-15-26(34-3)27(18-24)35-4)37(32,33)25-13-8-22(2)9-14-25/h6-15,18H,5,16-17,19-20H2,1-4H3,(H,29,31). The molecule has 0 heterocycles. The van der Waals surface area contributed by atoms with E-state index in [1.54, 1.807) is 54.2 Å². The van der Waals surface area contributed by atoms with Crippen molar-refractivity contribution >= 4 is 33.4 Å². The Morgan fingerprint density at radius 2 is 1.51 bits per heavy atom. The summed E-state index contributed by atoms with van der Waals surface area (Å²) in [5.74, 6) is 2.25. The SMILES string of the molecule is COc1ccc(N(CC(=O)NCCCSCc2ccc(C)cc2)S(=O)(=O)c2ccc(C)cc2)cc1OC. The van der Waals surface area contributed by atoms with E-state index >= 15 is 0 Å². The Kier molecular flexibility index (Phi) is 10.3. The average molecular weight is 543 g/mol. The van der Waals surface area contributed by atoms with Crippen LogP contribution in [0.5, 0.6) is 11.5 Å². The van der Waals surface area contributed by atoms with Crippen LogP contribution in [0.15, 0.2) is 71.6 Å². The summed E-state index contributed by atoms with van der Waals surface area (Å²) in [7, 11) is -1.03. The molecule has 9 heteroatoms. The highest BCUT2D eigenvalue weighted by Crippen LogP contribution is 2.33. The number of hydrogen-bond acceptors (Lipinski definition) is 6. The van der Waals surface area contributed by atoms with Gasteiger partial charge in [0, 0.05) is 18.4 Å². The molecule has 0 spiro atoms. The van der Waals surface area contributed by atoms with Crippen LogP contribution < -0.4 is 19.1 Å². The highest BCUT2D eigenvalue weighted by atomic mass is 32.2. The van der Waals surface area contributed by atoms with E-state index in [0.717, 1.165) is 27.8 Å². The lowest BCUT2D eigenvalue weighted by Crippen LogP contribution is -2.41. The third-order valence-corrected chi connectivity index (χ3v) is 8.63. The summed E-state index contributed by atoms with van der Waals surface area (Å²) in [4.78, 5) is 12.9. The average Bonchev–Trinajstić information content (AvgIpc) is 2.90. The van der Waals surface area contributed by atoms with Gasteiger partial charge in [0.1, 0.15) is 6.54 Å². The molecule has 3 aromatic carbocycles. The summed E-state index contributed by atoms with van der Waals surface area (Å²) in [5, 5.41) is 2.86. The third kappa shape index (κ3) is 7.90. The van der Waals surface area contributed by atoms with E-state index in [0.29, 0.717) is 23.7 Å². The maximum atomic E-state index is 13.6. The van der Waals surface area contributed by atoms with Crippen molar-refractivity contribution in [3.63, 3.8) is 0 Å². The highest BCUT2D eigenvalue weighted by molar-refractivity contribution is 7.98. The van der Waals surface area contributed by atoms with Crippen LogP contribution in [0.25, 0.3) is 0 Å². The number of thioether (sulfide) groups is 1. The fraction of sp³-hybridized carbons (Fsp3) is 0.321. The zero-order valence-corrected chi connectivity index (χ0v) is 23.3. The minimum atomic E-state index is -4.01. The fourth-order valence-corrected chi connectivity index (χ4v) is 5.93. The van der Waals surface area contributed by atoms with Crippen molar-refractivity contribution in [2.24, 2.45) is 0 Å². The molecule has 198 valence electrons. The minimum absolute atomic E-state index is 0.105. The van der Waals surface area contributed by atoms with Crippen molar-refractivity contribution in [2.45, 2.75) is 30.9 Å². The number of hydrogen-bond donors (Lipinski definition) is 1. The lowest BCUT2D eigenvalue weighted by molar-refractivity contribution is -0.119. The van der Waals surface area contributed by atoms with Gasteiger partial charge in [0.15, 0.2) is 11.5 Å². The highest BCUT2D eigenvalue weighted by Gasteiger charge is 2.28. The normalized spacial score (nSPS) is 11.1. The number of benzene rings is 3. The van der Waals surface area contributed by atoms with E-state index in [1.807, 2.05) is 6.92 Å². The van der Waals surface area contributed by atoms with Gasteiger partial charge in [0.25, 0.3) is 10.0 Å². The zero-order chi connectivity index (χ0) is 26.8. The van der Waals surface area contributed by atoms with E-state index in [2.05, 4.69) is 36.5 Å². The monoisotopic (exact) mass is 542 g/mol. The molecule has 3 rings (SSSR count). The number of sulfonamides is 1. The molecule has 0 aliphatic rings. The van der Waals surface area contributed by atoms with Crippen molar-refractivity contribution < 1.29 is 22.7 Å². The van der Waals surface area contributed by atoms with E-state index in [-0.39, 0.29) is 17.3 Å². The summed E-state index contributed by atoms with van der Waals surface area (Å²) in [6, 6.07) is 19.8. The molecule has 0 atom stereocenters. The van der Waals surface area contributed by atoms with Crippen LogP contribution in [0.2, 0.25) is 0 Å². The van der Waals surface area contributed by atoms with Crippen LogP contribution in [0.1, 0.15) is 23.1 Å². The van der Waals surface area contributed by atoms with E-state index < -0.39 is 10.0 Å². The van der Waals surface area contributed by atoms with Gasteiger partial charge in [-0.1, -0.05) is 47.5 Å². The quantitative estimate of drug-likeness (QED) is 0.308. The van der Waals surface area contributed by atoms with E-state index in [1.165, 1.54) is 25.3 Å². The number of anilines is 1. The first-order valence-electron chi connectivity index (χ1n) is 12.0. The summed E-state index contributed by atoms with van der Waals surface area (Å²) >= 11 is 1.80. The molecule has 0 aliphatic heterocycles. The van der Waals surface area contributed by atoms with Crippen LogP contribution in [0, 0.1) is 13.8 Å². The molecule has 0 radical (unpaired) electrons. The Hall–Kier alpha value is -3.17. The Morgan fingerprint density at radius 1 is 0.892 bits per heavy atom. The van der Waals surface area contributed by atoms with Crippen LogP contribution >= 0.6 is 11.8 Å². The molecule has 0 aliphatic carbocycles. The molecule has 0 aromatic heterocycles. The lowest BCUT2D eigenvalue weighted by atomic mass is 10.2. The smallest absolute Gasteiger partial charge is 0.264 e. The number of ether oxygens (including phenoxy) is 2. The second-order valence-corrected chi connectivity index (χ2v) is 11.6. The largest absolute Gasteiger partial charge is 0.493 e. The third-order valence-electron chi connectivity index (χ3n) is 5.73. The van der Waals surface area contributed by atoms with Gasteiger partial charge < -0.3 is 14.8 Å². The molecular formula is C28H34N2O5S2. The maximum absolute atomic E-state index is 13.6. The van der Waals surface area contributed by atoms with Gasteiger partial charge >= 0.3 is 0 Å². The molecule has 0 bridgehead atoms.